The summed E-state index contributed by atoms with van der Waals surface area (Å²) in [5.74, 6) is 1.77. The normalized spacial score (nSPS) is 18.0. The summed E-state index contributed by atoms with van der Waals surface area (Å²) >= 11 is 0. The molecule has 0 spiro atoms. The van der Waals surface area contributed by atoms with Gasteiger partial charge in [0.05, 0.1) is 12.7 Å². The van der Waals surface area contributed by atoms with Gasteiger partial charge in [0.15, 0.2) is 0 Å². The zero-order valence-corrected chi connectivity index (χ0v) is 12.7. The van der Waals surface area contributed by atoms with E-state index in [9.17, 15) is 5.11 Å². The minimum absolute atomic E-state index is 0.495. The molecule has 4 heteroatoms. The first-order valence-corrected chi connectivity index (χ1v) is 7.56. The zero-order valence-electron chi connectivity index (χ0n) is 12.7. The Balaban J connectivity index is 1.88. The number of fused-ring (bicyclic) bond motifs is 1. The van der Waals surface area contributed by atoms with Crippen molar-refractivity contribution in [3.8, 4) is 5.75 Å². The average molecular weight is 286 g/mol. The van der Waals surface area contributed by atoms with Gasteiger partial charge in [-0.05, 0) is 37.5 Å². The number of aromatic nitrogens is 1. The Morgan fingerprint density at radius 2 is 2.00 bits per heavy atom. The van der Waals surface area contributed by atoms with Gasteiger partial charge >= 0.3 is 0 Å². The van der Waals surface area contributed by atoms with E-state index in [0.717, 1.165) is 54.8 Å². The predicted octanol–water partition coefficient (Wildman–Crippen LogP) is 2.98. The Morgan fingerprint density at radius 1 is 1.24 bits per heavy atom. The van der Waals surface area contributed by atoms with Gasteiger partial charge in [-0.25, -0.2) is 4.98 Å². The van der Waals surface area contributed by atoms with Crippen LogP contribution < -0.4 is 9.64 Å². The molecule has 112 valence electrons. The lowest BCUT2D eigenvalue weighted by atomic mass is 9.89. The van der Waals surface area contributed by atoms with Gasteiger partial charge in [0.25, 0.3) is 0 Å². The van der Waals surface area contributed by atoms with E-state index < -0.39 is 5.60 Å². The van der Waals surface area contributed by atoms with Crippen molar-refractivity contribution in [1.82, 2.24) is 4.98 Å². The largest absolute Gasteiger partial charge is 0.494 e. The van der Waals surface area contributed by atoms with Crippen LogP contribution in [0, 0.1) is 0 Å². The number of para-hydroxylation sites is 1. The van der Waals surface area contributed by atoms with Crippen molar-refractivity contribution in [1.29, 1.82) is 0 Å². The monoisotopic (exact) mass is 286 g/mol. The highest BCUT2D eigenvalue weighted by molar-refractivity contribution is 5.85. The van der Waals surface area contributed by atoms with Gasteiger partial charge in [-0.15, -0.1) is 0 Å². The van der Waals surface area contributed by atoms with E-state index in [1.807, 2.05) is 18.2 Å². The smallest absolute Gasteiger partial charge is 0.145 e. The van der Waals surface area contributed by atoms with Crippen molar-refractivity contribution >= 4 is 16.7 Å². The van der Waals surface area contributed by atoms with Crippen molar-refractivity contribution in [2.75, 3.05) is 25.1 Å². The summed E-state index contributed by atoms with van der Waals surface area (Å²) in [7, 11) is 1.67. The topological polar surface area (TPSA) is 45.6 Å². The lowest BCUT2D eigenvalue weighted by molar-refractivity contribution is 0.0125. The number of aliphatic hydroxyl groups is 1. The molecule has 2 aromatic rings. The highest BCUT2D eigenvalue weighted by atomic mass is 16.5. The third kappa shape index (κ3) is 2.68. The fraction of sp³-hybridized carbons (Fsp3) is 0.471. The molecule has 1 saturated heterocycles. The van der Waals surface area contributed by atoms with Gasteiger partial charge in [-0.3, -0.25) is 0 Å². The molecule has 0 bridgehead atoms. The molecule has 1 fully saturated rings. The van der Waals surface area contributed by atoms with E-state index >= 15 is 0 Å². The molecule has 21 heavy (non-hydrogen) atoms. The highest BCUT2D eigenvalue weighted by Gasteiger charge is 2.30. The summed E-state index contributed by atoms with van der Waals surface area (Å²) in [5, 5.41) is 11.4. The molecule has 4 nitrogen and oxygen atoms in total. The number of nitrogens with zero attached hydrogens (tertiary/aromatic N) is 2. The van der Waals surface area contributed by atoms with E-state index in [-0.39, 0.29) is 0 Å². The average Bonchev–Trinajstić information content (AvgIpc) is 2.54. The molecule has 3 rings (SSSR count). The molecule has 0 radical (unpaired) electrons. The molecule has 0 aliphatic carbocycles. The second-order valence-corrected chi connectivity index (χ2v) is 5.77. The quantitative estimate of drug-likeness (QED) is 0.942. The maximum atomic E-state index is 10.3. The number of piperidine rings is 1. The van der Waals surface area contributed by atoms with Crippen molar-refractivity contribution < 1.29 is 9.84 Å². The third-order valence-corrected chi connectivity index (χ3v) is 4.56. The molecule has 1 aromatic carbocycles. The molecule has 1 aliphatic heterocycles. The van der Waals surface area contributed by atoms with Gasteiger partial charge < -0.3 is 14.7 Å². The number of rotatable bonds is 3. The van der Waals surface area contributed by atoms with Gasteiger partial charge in [0, 0.05) is 18.5 Å². The zero-order chi connectivity index (χ0) is 14.9. The molecule has 0 atom stereocenters. The minimum atomic E-state index is -0.495. The molecule has 0 unspecified atom stereocenters. The number of hydrogen-bond acceptors (Lipinski definition) is 4. The SMILES string of the molecule is CCC1(O)CCN(c2ccc3cccc(OC)c3n2)CC1. The van der Waals surface area contributed by atoms with Crippen LogP contribution in [0.2, 0.25) is 0 Å². The second kappa shape index (κ2) is 5.53. The lowest BCUT2D eigenvalue weighted by Gasteiger charge is -2.38. The summed E-state index contributed by atoms with van der Waals surface area (Å²) in [5.41, 5.74) is 0.402. The maximum absolute atomic E-state index is 10.3. The molecule has 1 N–H and O–H groups in total. The van der Waals surface area contributed by atoms with Gasteiger partial charge in [0.2, 0.25) is 0 Å². The number of benzene rings is 1. The first kappa shape index (κ1) is 14.1. The van der Waals surface area contributed by atoms with E-state index in [1.54, 1.807) is 7.11 Å². The number of ether oxygens (including phenoxy) is 1. The Kier molecular flexibility index (Phi) is 3.72. The van der Waals surface area contributed by atoms with Gasteiger partial charge in [-0.2, -0.15) is 0 Å². The standard InChI is InChI=1S/C17H22N2O2/c1-3-17(20)9-11-19(12-10-17)15-8-7-13-5-4-6-14(21-2)16(13)18-15/h4-8,20H,3,9-12H2,1-2H3. The van der Waals surface area contributed by atoms with Crippen LogP contribution in [-0.4, -0.2) is 35.9 Å². The molecule has 0 saturated carbocycles. The Hall–Kier alpha value is -1.81. The van der Waals surface area contributed by atoms with Crippen LogP contribution in [0.15, 0.2) is 30.3 Å². The van der Waals surface area contributed by atoms with Crippen molar-refractivity contribution in [2.24, 2.45) is 0 Å². The molecule has 0 amide bonds. The maximum Gasteiger partial charge on any atom is 0.145 e. The Bertz CT molecular complexity index is 634. The number of anilines is 1. The summed E-state index contributed by atoms with van der Waals surface area (Å²) in [6.45, 7) is 3.74. The summed E-state index contributed by atoms with van der Waals surface area (Å²) < 4.78 is 5.40. The van der Waals surface area contributed by atoms with Crippen LogP contribution in [0.4, 0.5) is 5.82 Å². The van der Waals surface area contributed by atoms with Crippen LogP contribution >= 0.6 is 0 Å². The van der Waals surface area contributed by atoms with E-state index in [1.165, 1.54) is 0 Å². The minimum Gasteiger partial charge on any atom is -0.494 e. The number of hydrogen-bond donors (Lipinski definition) is 1. The number of pyridine rings is 1. The molecule has 1 aromatic heterocycles. The van der Waals surface area contributed by atoms with Gasteiger partial charge in [-0.1, -0.05) is 19.1 Å². The second-order valence-electron chi connectivity index (χ2n) is 5.77. The first-order chi connectivity index (χ1) is 10.1. The van der Waals surface area contributed by atoms with E-state index in [2.05, 4.69) is 24.0 Å². The fourth-order valence-electron chi connectivity index (χ4n) is 2.96. The van der Waals surface area contributed by atoms with Gasteiger partial charge in [0.1, 0.15) is 17.1 Å². The Morgan fingerprint density at radius 3 is 2.67 bits per heavy atom. The number of methoxy groups -OCH3 is 1. The molecular formula is C17H22N2O2. The van der Waals surface area contributed by atoms with Crippen molar-refractivity contribution in [3.63, 3.8) is 0 Å². The van der Waals surface area contributed by atoms with E-state index in [4.69, 9.17) is 9.72 Å². The molecule has 1 aliphatic rings. The third-order valence-electron chi connectivity index (χ3n) is 4.56. The van der Waals surface area contributed by atoms with Crippen LogP contribution in [0.25, 0.3) is 10.9 Å². The fourth-order valence-corrected chi connectivity index (χ4v) is 2.96. The first-order valence-electron chi connectivity index (χ1n) is 7.56. The summed E-state index contributed by atoms with van der Waals surface area (Å²) in [6, 6.07) is 10.1. The molecule has 2 heterocycles. The molecular weight excluding hydrogens is 264 g/mol. The van der Waals surface area contributed by atoms with Crippen LogP contribution in [0.5, 0.6) is 5.75 Å². The lowest BCUT2D eigenvalue weighted by Crippen LogP contribution is -2.44. The summed E-state index contributed by atoms with van der Waals surface area (Å²) in [4.78, 5) is 7.01. The Labute approximate surface area is 125 Å². The van der Waals surface area contributed by atoms with Crippen molar-refractivity contribution in [2.45, 2.75) is 31.8 Å². The highest BCUT2D eigenvalue weighted by Crippen LogP contribution is 2.30. The van der Waals surface area contributed by atoms with Crippen LogP contribution in [0.3, 0.4) is 0 Å². The predicted molar refractivity (Wildman–Crippen MR) is 85.0 cm³/mol. The van der Waals surface area contributed by atoms with Crippen LogP contribution in [0.1, 0.15) is 26.2 Å². The summed E-state index contributed by atoms with van der Waals surface area (Å²) in [6.07, 6.45) is 2.42. The van der Waals surface area contributed by atoms with E-state index in [0.29, 0.717) is 0 Å². The van der Waals surface area contributed by atoms with Crippen molar-refractivity contribution in [3.05, 3.63) is 30.3 Å². The van der Waals surface area contributed by atoms with Crippen LogP contribution in [-0.2, 0) is 0 Å².